The second-order valence-electron chi connectivity index (χ2n) is 6.18. The fraction of sp³-hybridized carbons (Fsp3) is 1.00. The van der Waals surface area contributed by atoms with Crippen molar-refractivity contribution in [3.8, 4) is 0 Å². The van der Waals surface area contributed by atoms with E-state index >= 15 is 0 Å². The van der Waals surface area contributed by atoms with Crippen LogP contribution in [-0.2, 0) is 23.7 Å². The summed E-state index contributed by atoms with van der Waals surface area (Å²) >= 11 is 0.750. The van der Waals surface area contributed by atoms with Gasteiger partial charge in [-0.15, -0.1) is 0 Å². The van der Waals surface area contributed by atoms with Gasteiger partial charge in [0.1, 0.15) is 0 Å². The van der Waals surface area contributed by atoms with Gasteiger partial charge in [-0.3, -0.25) is 9.80 Å². The van der Waals surface area contributed by atoms with Crippen LogP contribution in [-0.4, -0.2) is 143 Å². The van der Waals surface area contributed by atoms with Crippen molar-refractivity contribution >= 4 is 0 Å². The van der Waals surface area contributed by atoms with E-state index in [2.05, 4.69) is 13.8 Å². The number of hydrogen-bond acceptors (Lipinski definition) is 11. The third kappa shape index (κ3) is 52.2. The Morgan fingerprint density at radius 1 is 0.438 bits per heavy atom. The van der Waals surface area contributed by atoms with Crippen LogP contribution >= 0.6 is 0 Å². The molecule has 198 valence electrons. The number of aliphatic hydroxyl groups is 8. The fourth-order valence-corrected chi connectivity index (χ4v) is 1.84. The predicted molar refractivity (Wildman–Crippen MR) is 120 cm³/mol. The minimum atomic E-state index is 0.0694. The van der Waals surface area contributed by atoms with Gasteiger partial charge < -0.3 is 40.9 Å². The zero-order chi connectivity index (χ0) is 25.9. The Kier molecular flexibility index (Phi) is 64.1. The third-order valence-electron chi connectivity index (χ3n) is 3.52. The molecule has 12 heteroatoms. The van der Waals surface area contributed by atoms with Crippen molar-refractivity contribution in [3.63, 3.8) is 0 Å². The molecule has 0 radical (unpaired) electrons. The van der Waals surface area contributed by atoms with Crippen molar-refractivity contribution < 1.29 is 64.6 Å². The standard InChI is InChI=1S/2C6H15NO3.2C4H10O.O.Ti/c2*8-4-1-7(2-5-9)3-6-10;2*1-2-3-4-5;;/h2*8-10H,1-6H2;2*5H,2-4H2,1H3;;. The molecule has 0 bridgehead atoms. The van der Waals surface area contributed by atoms with E-state index in [0.717, 1.165) is 46.1 Å². The van der Waals surface area contributed by atoms with Crippen LogP contribution in [0.3, 0.4) is 0 Å². The molecular formula is C20H50N2O9Ti. The van der Waals surface area contributed by atoms with Gasteiger partial charge in [0.25, 0.3) is 0 Å². The van der Waals surface area contributed by atoms with Crippen molar-refractivity contribution in [2.24, 2.45) is 0 Å². The average Bonchev–Trinajstić information content (AvgIpc) is 2.79. The number of hydrogen-bond donors (Lipinski definition) is 8. The van der Waals surface area contributed by atoms with Gasteiger partial charge in [-0.05, 0) is 12.8 Å². The molecule has 0 aromatic heterocycles. The summed E-state index contributed by atoms with van der Waals surface area (Å²) in [6, 6.07) is 0. The summed E-state index contributed by atoms with van der Waals surface area (Å²) in [5.41, 5.74) is 0. The van der Waals surface area contributed by atoms with Crippen molar-refractivity contribution in [3.05, 3.63) is 0 Å². The summed E-state index contributed by atoms with van der Waals surface area (Å²) in [5, 5.41) is 67.0. The minimum absolute atomic E-state index is 0.0694. The molecule has 32 heavy (non-hydrogen) atoms. The first kappa shape index (κ1) is 42.3. The van der Waals surface area contributed by atoms with E-state index in [1.807, 2.05) is 0 Å². The van der Waals surface area contributed by atoms with Crippen LogP contribution in [0.15, 0.2) is 0 Å². The van der Waals surface area contributed by atoms with E-state index in [-0.39, 0.29) is 39.6 Å². The van der Waals surface area contributed by atoms with E-state index in [1.54, 1.807) is 9.80 Å². The molecular weight excluding hydrogens is 460 g/mol. The molecule has 0 aliphatic carbocycles. The summed E-state index contributed by atoms with van der Waals surface area (Å²) in [6.45, 7) is 8.30. The summed E-state index contributed by atoms with van der Waals surface area (Å²) in [5.74, 6) is 0. The normalized spacial score (nSPS) is 9.47. The summed E-state index contributed by atoms with van der Waals surface area (Å²) in [6.07, 6.45) is 4.08. The van der Waals surface area contributed by atoms with Gasteiger partial charge >= 0.3 is 23.7 Å². The molecule has 0 heterocycles. The molecule has 0 aliphatic rings. The van der Waals surface area contributed by atoms with Crippen LogP contribution in [0.25, 0.3) is 0 Å². The second-order valence-corrected chi connectivity index (χ2v) is 6.18. The van der Waals surface area contributed by atoms with Gasteiger partial charge in [0.15, 0.2) is 0 Å². The molecule has 0 aromatic rings. The Hall–Kier alpha value is 0.114. The maximum absolute atomic E-state index is 8.48. The molecule has 0 rings (SSSR count). The first-order valence-electron chi connectivity index (χ1n) is 11.0. The molecule has 0 aliphatic heterocycles. The maximum atomic E-state index is 8.48. The topological polar surface area (TPSA) is 185 Å². The van der Waals surface area contributed by atoms with Crippen molar-refractivity contribution in [2.45, 2.75) is 39.5 Å². The van der Waals surface area contributed by atoms with Crippen molar-refractivity contribution in [1.29, 1.82) is 0 Å². The number of nitrogens with zero attached hydrogens (tertiary/aromatic N) is 2. The van der Waals surface area contributed by atoms with Gasteiger partial charge in [0.2, 0.25) is 0 Å². The summed E-state index contributed by atoms with van der Waals surface area (Å²) < 4.78 is 8.25. The van der Waals surface area contributed by atoms with E-state index in [0.29, 0.717) is 52.5 Å². The summed E-state index contributed by atoms with van der Waals surface area (Å²) in [4.78, 5) is 3.58. The van der Waals surface area contributed by atoms with Crippen LogP contribution in [0.1, 0.15) is 39.5 Å². The first-order valence-corrected chi connectivity index (χ1v) is 11.7. The molecule has 0 fully saturated rings. The van der Waals surface area contributed by atoms with Crippen LogP contribution in [0.5, 0.6) is 0 Å². The predicted octanol–water partition coefficient (Wildman–Crippen LogP) is -2.03. The van der Waals surface area contributed by atoms with E-state index < -0.39 is 0 Å². The van der Waals surface area contributed by atoms with E-state index in [4.69, 9.17) is 44.2 Å². The first-order chi connectivity index (χ1) is 15.5. The Morgan fingerprint density at radius 2 is 0.625 bits per heavy atom. The Balaban J connectivity index is -0.000000103. The molecule has 0 atom stereocenters. The molecule has 8 N–H and O–H groups in total. The Labute approximate surface area is 206 Å². The zero-order valence-electron chi connectivity index (χ0n) is 20.1. The van der Waals surface area contributed by atoms with Gasteiger partial charge in [-0.1, -0.05) is 26.7 Å². The van der Waals surface area contributed by atoms with Crippen molar-refractivity contribution in [2.75, 3.05) is 92.1 Å². The SMILES string of the molecule is CCCCO.CCCCO.OCCN(CCO)CCO.OCCN(CCO)CCO.[O]=[Ti]. The Bertz CT molecular complexity index is 219. The molecule has 11 nitrogen and oxygen atoms in total. The van der Waals surface area contributed by atoms with Gasteiger partial charge in [0.05, 0.1) is 39.6 Å². The molecule has 0 unspecified atom stereocenters. The average molecular weight is 510 g/mol. The quantitative estimate of drug-likeness (QED) is 0.107. The molecule has 0 saturated heterocycles. The number of aliphatic hydroxyl groups excluding tert-OH is 8. The number of unbranched alkanes of at least 4 members (excludes halogenated alkanes) is 2. The third-order valence-corrected chi connectivity index (χ3v) is 3.52. The van der Waals surface area contributed by atoms with Crippen LogP contribution in [0.2, 0.25) is 0 Å². The molecule has 0 saturated carbocycles. The monoisotopic (exact) mass is 510 g/mol. The van der Waals surface area contributed by atoms with Crippen LogP contribution in [0.4, 0.5) is 0 Å². The second kappa shape index (κ2) is 48.5. The fourth-order valence-electron chi connectivity index (χ4n) is 1.84. The van der Waals surface area contributed by atoms with Crippen molar-refractivity contribution in [1.82, 2.24) is 9.80 Å². The van der Waals surface area contributed by atoms with Crippen LogP contribution < -0.4 is 0 Å². The summed E-state index contributed by atoms with van der Waals surface area (Å²) in [7, 11) is 0. The van der Waals surface area contributed by atoms with Gasteiger partial charge in [0, 0.05) is 52.5 Å². The molecule has 0 spiro atoms. The van der Waals surface area contributed by atoms with Crippen LogP contribution in [0, 0.1) is 0 Å². The molecule has 0 aromatic carbocycles. The zero-order valence-corrected chi connectivity index (χ0v) is 21.7. The van der Waals surface area contributed by atoms with E-state index in [1.165, 1.54) is 0 Å². The van der Waals surface area contributed by atoms with E-state index in [9.17, 15) is 0 Å². The van der Waals surface area contributed by atoms with Gasteiger partial charge in [-0.2, -0.15) is 0 Å². The molecule has 0 amide bonds. The van der Waals surface area contributed by atoms with Gasteiger partial charge in [-0.25, -0.2) is 0 Å². The Morgan fingerprint density at radius 3 is 0.688 bits per heavy atom. The number of rotatable bonds is 16.